The van der Waals surface area contributed by atoms with Crippen LogP contribution >= 0.6 is 11.6 Å². The van der Waals surface area contributed by atoms with E-state index in [0.29, 0.717) is 16.3 Å². The van der Waals surface area contributed by atoms with E-state index in [0.717, 1.165) is 0 Å². The van der Waals surface area contributed by atoms with Gasteiger partial charge < -0.3 is 14.8 Å². The monoisotopic (exact) mass is 365 g/mol. The minimum Gasteiger partial charge on any atom is -0.494 e. The van der Waals surface area contributed by atoms with Crippen molar-refractivity contribution >= 4 is 29.2 Å². The molecule has 1 atom stereocenters. The Morgan fingerprint density at radius 2 is 1.88 bits per heavy atom. The first kappa shape index (κ1) is 18.7. The summed E-state index contributed by atoms with van der Waals surface area (Å²) in [5.41, 5.74) is 0.961. The van der Waals surface area contributed by atoms with Crippen LogP contribution in [-0.2, 0) is 20.7 Å². The van der Waals surface area contributed by atoms with E-state index in [1.807, 2.05) is 0 Å². The standard InChI is InChI=1S/C18H17ClFNO4/c1-11(18(23)21-14-6-4-13(19)5-7-14)25-17(22)10-12-3-8-16(24-2)15(20)9-12/h3-9,11H,10H2,1-2H3,(H,21,23). The summed E-state index contributed by atoms with van der Waals surface area (Å²) in [5.74, 6) is -1.59. The van der Waals surface area contributed by atoms with E-state index in [4.69, 9.17) is 21.1 Å². The van der Waals surface area contributed by atoms with Crippen LogP contribution in [-0.4, -0.2) is 25.1 Å². The van der Waals surface area contributed by atoms with Crippen LogP contribution in [0, 0.1) is 5.82 Å². The second-order valence-corrected chi connectivity index (χ2v) is 5.71. The molecule has 1 unspecified atom stereocenters. The van der Waals surface area contributed by atoms with Crippen LogP contribution in [0.1, 0.15) is 12.5 Å². The van der Waals surface area contributed by atoms with Crippen LogP contribution in [0.3, 0.4) is 0 Å². The van der Waals surface area contributed by atoms with Crippen LogP contribution < -0.4 is 10.1 Å². The van der Waals surface area contributed by atoms with Gasteiger partial charge in [-0.25, -0.2) is 4.39 Å². The Morgan fingerprint density at radius 3 is 2.48 bits per heavy atom. The first-order chi connectivity index (χ1) is 11.9. The molecule has 1 amide bonds. The number of hydrogen-bond donors (Lipinski definition) is 1. The van der Waals surface area contributed by atoms with Crippen molar-refractivity contribution in [3.8, 4) is 5.75 Å². The topological polar surface area (TPSA) is 64.6 Å². The minimum atomic E-state index is -0.994. The summed E-state index contributed by atoms with van der Waals surface area (Å²) >= 11 is 5.77. The molecule has 0 aromatic heterocycles. The van der Waals surface area contributed by atoms with Crippen LogP contribution in [0.2, 0.25) is 5.02 Å². The number of benzene rings is 2. The quantitative estimate of drug-likeness (QED) is 0.794. The predicted octanol–water partition coefficient (Wildman–Crippen LogP) is 3.60. The fraction of sp³-hybridized carbons (Fsp3) is 0.222. The van der Waals surface area contributed by atoms with Crippen LogP contribution in [0.25, 0.3) is 0 Å². The predicted molar refractivity (Wildman–Crippen MR) is 92.3 cm³/mol. The van der Waals surface area contributed by atoms with Crippen molar-refractivity contribution in [2.75, 3.05) is 12.4 Å². The zero-order chi connectivity index (χ0) is 18.4. The van der Waals surface area contributed by atoms with Crippen molar-refractivity contribution in [3.63, 3.8) is 0 Å². The third kappa shape index (κ3) is 5.46. The van der Waals surface area contributed by atoms with Gasteiger partial charge >= 0.3 is 5.97 Å². The Labute approximate surface area is 149 Å². The van der Waals surface area contributed by atoms with Crippen molar-refractivity contribution in [2.24, 2.45) is 0 Å². The van der Waals surface area contributed by atoms with Crippen molar-refractivity contribution in [3.05, 3.63) is 58.9 Å². The second-order valence-electron chi connectivity index (χ2n) is 5.27. The maximum atomic E-state index is 13.6. The van der Waals surface area contributed by atoms with E-state index in [2.05, 4.69) is 5.32 Å². The number of amides is 1. The summed E-state index contributed by atoms with van der Waals surface area (Å²) in [4.78, 5) is 23.9. The molecule has 0 spiro atoms. The highest BCUT2D eigenvalue weighted by Gasteiger charge is 2.18. The lowest BCUT2D eigenvalue weighted by Crippen LogP contribution is -2.30. The van der Waals surface area contributed by atoms with Gasteiger partial charge in [0.25, 0.3) is 5.91 Å². The highest BCUT2D eigenvalue weighted by Crippen LogP contribution is 2.18. The van der Waals surface area contributed by atoms with Gasteiger partial charge in [-0.3, -0.25) is 9.59 Å². The van der Waals surface area contributed by atoms with Gasteiger partial charge in [-0.2, -0.15) is 0 Å². The number of methoxy groups -OCH3 is 1. The summed E-state index contributed by atoms with van der Waals surface area (Å²) in [7, 11) is 1.35. The Kier molecular flexibility index (Phi) is 6.36. The molecule has 0 saturated carbocycles. The van der Waals surface area contributed by atoms with Crippen molar-refractivity contribution < 1.29 is 23.5 Å². The first-order valence-corrected chi connectivity index (χ1v) is 7.85. The van der Waals surface area contributed by atoms with Crippen LogP contribution in [0.15, 0.2) is 42.5 Å². The van der Waals surface area contributed by atoms with E-state index >= 15 is 0 Å². The molecule has 25 heavy (non-hydrogen) atoms. The molecule has 0 fully saturated rings. The van der Waals surface area contributed by atoms with Gasteiger partial charge in [-0.15, -0.1) is 0 Å². The van der Waals surface area contributed by atoms with Gasteiger partial charge in [0, 0.05) is 10.7 Å². The van der Waals surface area contributed by atoms with Gasteiger partial charge in [-0.1, -0.05) is 17.7 Å². The van der Waals surface area contributed by atoms with Crippen LogP contribution in [0.5, 0.6) is 5.75 Å². The Morgan fingerprint density at radius 1 is 1.20 bits per heavy atom. The number of carbonyl (C=O) groups is 2. The van der Waals surface area contributed by atoms with Gasteiger partial charge in [0.2, 0.25) is 0 Å². The normalized spacial score (nSPS) is 11.5. The molecular formula is C18H17ClFNO4. The number of nitrogens with one attached hydrogen (secondary N) is 1. The van der Waals surface area contributed by atoms with Gasteiger partial charge in [0.1, 0.15) is 0 Å². The third-order valence-corrected chi connectivity index (χ3v) is 3.61. The third-order valence-electron chi connectivity index (χ3n) is 3.35. The van der Waals surface area contributed by atoms with Crippen molar-refractivity contribution in [1.82, 2.24) is 0 Å². The highest BCUT2D eigenvalue weighted by atomic mass is 35.5. The fourth-order valence-electron chi connectivity index (χ4n) is 2.06. The molecule has 1 N–H and O–H groups in total. The van der Waals surface area contributed by atoms with Crippen LogP contribution in [0.4, 0.5) is 10.1 Å². The van der Waals surface area contributed by atoms with E-state index in [1.54, 1.807) is 30.3 Å². The molecule has 0 bridgehead atoms. The number of rotatable bonds is 6. The number of carbonyl (C=O) groups excluding carboxylic acids is 2. The Hall–Kier alpha value is -2.60. The molecule has 0 heterocycles. The average molecular weight is 366 g/mol. The number of halogens is 2. The largest absolute Gasteiger partial charge is 0.494 e. The first-order valence-electron chi connectivity index (χ1n) is 7.47. The zero-order valence-electron chi connectivity index (χ0n) is 13.7. The maximum absolute atomic E-state index is 13.6. The fourth-order valence-corrected chi connectivity index (χ4v) is 2.18. The SMILES string of the molecule is COc1ccc(CC(=O)OC(C)C(=O)Nc2ccc(Cl)cc2)cc1F. The molecule has 2 rings (SSSR count). The number of hydrogen-bond acceptors (Lipinski definition) is 4. The molecule has 0 radical (unpaired) electrons. The lowest BCUT2D eigenvalue weighted by atomic mass is 10.1. The van der Waals surface area contributed by atoms with Gasteiger partial charge in [-0.05, 0) is 48.9 Å². The van der Waals surface area contributed by atoms with Gasteiger partial charge in [0.05, 0.1) is 13.5 Å². The summed E-state index contributed by atoms with van der Waals surface area (Å²) < 4.78 is 23.5. The molecule has 0 aliphatic rings. The Balaban J connectivity index is 1.89. The molecule has 0 saturated heterocycles. The van der Waals surface area contributed by atoms with E-state index in [-0.39, 0.29) is 12.2 Å². The zero-order valence-corrected chi connectivity index (χ0v) is 14.5. The molecule has 2 aromatic rings. The summed E-state index contributed by atoms with van der Waals surface area (Å²) in [6.45, 7) is 1.46. The van der Waals surface area contributed by atoms with E-state index < -0.39 is 23.8 Å². The molecule has 0 aliphatic heterocycles. The molecule has 0 aliphatic carbocycles. The number of anilines is 1. The molecule has 2 aromatic carbocycles. The van der Waals surface area contributed by atoms with E-state index in [1.165, 1.54) is 26.2 Å². The highest BCUT2D eigenvalue weighted by molar-refractivity contribution is 6.30. The van der Waals surface area contributed by atoms with E-state index in [9.17, 15) is 14.0 Å². The molecule has 5 nitrogen and oxygen atoms in total. The smallest absolute Gasteiger partial charge is 0.311 e. The average Bonchev–Trinajstić information content (AvgIpc) is 2.57. The maximum Gasteiger partial charge on any atom is 0.311 e. The van der Waals surface area contributed by atoms with Gasteiger partial charge in [0.15, 0.2) is 17.7 Å². The van der Waals surface area contributed by atoms with Crippen molar-refractivity contribution in [1.29, 1.82) is 0 Å². The summed E-state index contributed by atoms with van der Waals surface area (Å²) in [6.07, 6.45) is -1.15. The minimum absolute atomic E-state index is 0.0906. The number of esters is 1. The second kappa shape index (κ2) is 8.48. The summed E-state index contributed by atoms with van der Waals surface area (Å²) in [6, 6.07) is 10.7. The molecule has 132 valence electrons. The Bertz CT molecular complexity index is 764. The lowest BCUT2D eigenvalue weighted by Gasteiger charge is -2.14. The van der Waals surface area contributed by atoms with Crippen molar-refractivity contribution in [2.45, 2.75) is 19.4 Å². The number of ether oxygens (including phenoxy) is 2. The molecule has 7 heteroatoms. The lowest BCUT2D eigenvalue weighted by molar-refractivity contribution is -0.152. The molecular weight excluding hydrogens is 349 g/mol. The summed E-state index contributed by atoms with van der Waals surface area (Å²) in [5, 5.41) is 3.16.